The van der Waals surface area contributed by atoms with Gasteiger partial charge in [-0.25, -0.2) is 0 Å². The minimum atomic E-state index is 0.0219. The number of nitrogens with zero attached hydrogens (tertiary/aromatic N) is 2. The molecule has 1 atom stereocenters. The van der Waals surface area contributed by atoms with Crippen LogP contribution in [0.25, 0.3) is 0 Å². The predicted octanol–water partition coefficient (Wildman–Crippen LogP) is 2.46. The number of amides is 1. The number of ether oxygens (including phenoxy) is 1. The van der Waals surface area contributed by atoms with Crippen LogP contribution in [0.5, 0.6) is 0 Å². The second-order valence-electron chi connectivity index (χ2n) is 6.95. The van der Waals surface area contributed by atoms with Crippen molar-refractivity contribution in [1.82, 2.24) is 9.80 Å². The van der Waals surface area contributed by atoms with Gasteiger partial charge in [-0.3, -0.25) is 9.69 Å². The lowest BCUT2D eigenvalue weighted by molar-refractivity contribution is -0.129. The first-order valence-electron chi connectivity index (χ1n) is 8.26. The average Bonchev–Trinajstić information content (AvgIpc) is 2.92. The summed E-state index contributed by atoms with van der Waals surface area (Å²) in [6.07, 6.45) is 1.86. The van der Waals surface area contributed by atoms with Gasteiger partial charge in [0, 0.05) is 38.1 Å². The van der Waals surface area contributed by atoms with Gasteiger partial charge < -0.3 is 9.64 Å². The minimum absolute atomic E-state index is 0.0219. The molecule has 2 heterocycles. The summed E-state index contributed by atoms with van der Waals surface area (Å²) in [7, 11) is 0. The smallest absolute Gasteiger partial charge is 0.222 e. The fourth-order valence-corrected chi connectivity index (χ4v) is 3.34. The Morgan fingerprint density at radius 1 is 1.23 bits per heavy atom. The lowest BCUT2D eigenvalue weighted by Crippen LogP contribution is -2.55. The van der Waals surface area contributed by atoms with E-state index in [9.17, 15) is 4.79 Å². The van der Waals surface area contributed by atoms with Crippen LogP contribution in [0.4, 0.5) is 0 Å². The van der Waals surface area contributed by atoms with Crippen LogP contribution in [-0.4, -0.2) is 54.0 Å². The molecule has 0 aliphatic carbocycles. The second-order valence-corrected chi connectivity index (χ2v) is 6.95. The number of benzene rings is 1. The molecule has 0 bridgehead atoms. The van der Waals surface area contributed by atoms with Crippen LogP contribution in [0.3, 0.4) is 0 Å². The summed E-state index contributed by atoms with van der Waals surface area (Å²) in [5, 5.41) is 0. The Hall–Kier alpha value is -1.39. The highest BCUT2D eigenvalue weighted by molar-refractivity contribution is 5.78. The zero-order valence-corrected chi connectivity index (χ0v) is 13.6. The lowest BCUT2D eigenvalue weighted by Gasteiger charge is -2.46. The Balaban J connectivity index is 1.63. The van der Waals surface area contributed by atoms with E-state index < -0.39 is 0 Å². The normalized spacial score (nSPS) is 25.6. The third kappa shape index (κ3) is 3.33. The maximum Gasteiger partial charge on any atom is 0.222 e. The van der Waals surface area contributed by atoms with Gasteiger partial charge >= 0.3 is 0 Å². The fourth-order valence-electron chi connectivity index (χ4n) is 3.34. The van der Waals surface area contributed by atoms with Gasteiger partial charge in [0.05, 0.1) is 12.7 Å². The summed E-state index contributed by atoms with van der Waals surface area (Å²) in [4.78, 5) is 16.3. The Kier molecular flexibility index (Phi) is 4.50. The molecule has 3 rings (SSSR count). The van der Waals surface area contributed by atoms with Gasteiger partial charge in [0.25, 0.3) is 0 Å². The van der Waals surface area contributed by atoms with E-state index in [1.807, 2.05) is 11.0 Å². The van der Waals surface area contributed by atoms with Gasteiger partial charge in [0.2, 0.25) is 5.91 Å². The van der Waals surface area contributed by atoms with Crippen LogP contribution in [0.2, 0.25) is 0 Å². The van der Waals surface area contributed by atoms with E-state index in [0.717, 1.165) is 45.6 Å². The van der Waals surface area contributed by atoms with Crippen LogP contribution in [-0.2, 0) is 9.53 Å². The first-order chi connectivity index (χ1) is 10.6. The highest BCUT2D eigenvalue weighted by Crippen LogP contribution is 2.30. The molecular weight excluding hydrogens is 276 g/mol. The average molecular weight is 302 g/mol. The number of morpholine rings is 1. The van der Waals surface area contributed by atoms with Gasteiger partial charge in [0.1, 0.15) is 0 Å². The molecule has 120 valence electrons. The molecule has 22 heavy (non-hydrogen) atoms. The molecule has 0 radical (unpaired) electrons. The van der Waals surface area contributed by atoms with Crippen LogP contribution in [0.15, 0.2) is 30.3 Å². The first kappa shape index (κ1) is 15.5. The topological polar surface area (TPSA) is 32.8 Å². The molecule has 4 nitrogen and oxygen atoms in total. The standard InChI is InChI=1S/C18H26N2O2/c1-18(2)14-22-16(15-7-4-3-5-8-15)13-20(18)12-11-19-10-6-9-17(19)21/h3-5,7-8,16H,6,9-14H2,1-2H3. The van der Waals surface area contributed by atoms with Crippen molar-refractivity contribution in [2.75, 3.05) is 32.8 Å². The van der Waals surface area contributed by atoms with E-state index in [-0.39, 0.29) is 11.6 Å². The summed E-state index contributed by atoms with van der Waals surface area (Å²) in [5.41, 5.74) is 1.26. The van der Waals surface area contributed by atoms with Crippen molar-refractivity contribution in [3.05, 3.63) is 35.9 Å². The van der Waals surface area contributed by atoms with Crippen molar-refractivity contribution in [2.24, 2.45) is 0 Å². The van der Waals surface area contributed by atoms with Gasteiger partial charge in [-0.1, -0.05) is 30.3 Å². The Bertz CT molecular complexity index is 515. The van der Waals surface area contributed by atoms with E-state index in [1.165, 1.54) is 5.56 Å². The SMILES string of the molecule is CC1(C)COC(c2ccccc2)CN1CCN1CCCC1=O. The van der Waals surface area contributed by atoms with E-state index in [0.29, 0.717) is 5.91 Å². The van der Waals surface area contributed by atoms with Crippen molar-refractivity contribution in [3.63, 3.8) is 0 Å². The van der Waals surface area contributed by atoms with Crippen molar-refractivity contribution in [3.8, 4) is 0 Å². The van der Waals surface area contributed by atoms with Crippen LogP contribution >= 0.6 is 0 Å². The van der Waals surface area contributed by atoms with E-state index in [2.05, 4.69) is 43.0 Å². The summed E-state index contributed by atoms with van der Waals surface area (Å²) in [6, 6.07) is 10.4. The van der Waals surface area contributed by atoms with Crippen molar-refractivity contribution >= 4 is 5.91 Å². The third-order valence-electron chi connectivity index (χ3n) is 4.86. The number of carbonyl (C=O) groups excluding carboxylic acids is 1. The van der Waals surface area contributed by atoms with E-state index in [4.69, 9.17) is 4.74 Å². The van der Waals surface area contributed by atoms with Gasteiger partial charge in [-0.2, -0.15) is 0 Å². The molecule has 0 aromatic heterocycles. The summed E-state index contributed by atoms with van der Waals surface area (Å²) >= 11 is 0. The van der Waals surface area contributed by atoms with Gasteiger partial charge in [-0.05, 0) is 25.8 Å². The van der Waals surface area contributed by atoms with Crippen molar-refractivity contribution in [2.45, 2.75) is 38.3 Å². The highest BCUT2D eigenvalue weighted by Gasteiger charge is 2.35. The fraction of sp³-hybridized carbons (Fsp3) is 0.611. The number of hydrogen-bond acceptors (Lipinski definition) is 3. The van der Waals surface area contributed by atoms with Crippen molar-refractivity contribution in [1.29, 1.82) is 0 Å². The quantitative estimate of drug-likeness (QED) is 0.856. The molecule has 2 saturated heterocycles. The number of likely N-dealkylation sites (tertiary alicyclic amines) is 1. The molecule has 0 saturated carbocycles. The van der Waals surface area contributed by atoms with Crippen molar-refractivity contribution < 1.29 is 9.53 Å². The molecule has 0 spiro atoms. The maximum atomic E-state index is 11.8. The number of hydrogen-bond donors (Lipinski definition) is 0. The Morgan fingerprint density at radius 3 is 2.68 bits per heavy atom. The van der Waals surface area contributed by atoms with Gasteiger partial charge in [-0.15, -0.1) is 0 Å². The zero-order chi connectivity index (χ0) is 15.6. The molecule has 1 unspecified atom stereocenters. The summed E-state index contributed by atoms with van der Waals surface area (Å²) in [5.74, 6) is 0.311. The number of carbonyl (C=O) groups is 1. The third-order valence-corrected chi connectivity index (χ3v) is 4.86. The minimum Gasteiger partial charge on any atom is -0.370 e. The van der Waals surface area contributed by atoms with E-state index in [1.54, 1.807) is 0 Å². The summed E-state index contributed by atoms with van der Waals surface area (Å²) in [6.45, 7) is 8.74. The second kappa shape index (κ2) is 6.39. The van der Waals surface area contributed by atoms with Crippen LogP contribution in [0, 0.1) is 0 Å². The molecule has 1 aromatic carbocycles. The first-order valence-corrected chi connectivity index (χ1v) is 8.26. The summed E-state index contributed by atoms with van der Waals surface area (Å²) < 4.78 is 6.08. The highest BCUT2D eigenvalue weighted by atomic mass is 16.5. The predicted molar refractivity (Wildman–Crippen MR) is 86.6 cm³/mol. The molecule has 2 aliphatic heterocycles. The molecule has 4 heteroatoms. The lowest BCUT2D eigenvalue weighted by atomic mass is 9.98. The monoisotopic (exact) mass is 302 g/mol. The largest absolute Gasteiger partial charge is 0.370 e. The molecule has 2 fully saturated rings. The molecule has 2 aliphatic rings. The molecule has 1 aromatic rings. The molecule has 1 amide bonds. The maximum absolute atomic E-state index is 11.8. The van der Waals surface area contributed by atoms with Gasteiger partial charge in [0.15, 0.2) is 0 Å². The zero-order valence-electron chi connectivity index (χ0n) is 13.6. The van der Waals surface area contributed by atoms with Crippen LogP contribution in [0.1, 0.15) is 38.4 Å². The number of rotatable bonds is 4. The Labute approximate surface area is 133 Å². The molecule has 0 N–H and O–H groups in total. The molecular formula is C18H26N2O2. The van der Waals surface area contributed by atoms with Crippen LogP contribution < -0.4 is 0 Å². The van der Waals surface area contributed by atoms with E-state index >= 15 is 0 Å². The Morgan fingerprint density at radius 2 is 2.00 bits per heavy atom.